The van der Waals surface area contributed by atoms with Crippen LogP contribution in [-0.4, -0.2) is 19.5 Å². The molecule has 1 fully saturated rings. The van der Waals surface area contributed by atoms with Crippen molar-refractivity contribution < 1.29 is 9.47 Å². The summed E-state index contributed by atoms with van der Waals surface area (Å²) in [5.74, 6) is 13.2. The van der Waals surface area contributed by atoms with E-state index >= 15 is 0 Å². The lowest BCUT2D eigenvalue weighted by Crippen LogP contribution is -2.22. The molecular weight excluding hydrogens is 332 g/mol. The van der Waals surface area contributed by atoms with E-state index in [1.807, 2.05) is 0 Å². The molecule has 2 nitrogen and oxygen atoms in total. The third-order valence-electron chi connectivity index (χ3n) is 4.57. The summed E-state index contributed by atoms with van der Waals surface area (Å²) < 4.78 is 11.3. The van der Waals surface area contributed by atoms with Crippen molar-refractivity contribution in [2.75, 3.05) is 13.2 Å². The second kappa shape index (κ2) is 19.5. The maximum absolute atomic E-state index is 5.73. The normalized spacial score (nSPS) is 16.6. The maximum atomic E-state index is 5.73. The van der Waals surface area contributed by atoms with Crippen molar-refractivity contribution in [2.45, 2.75) is 110 Å². The molecule has 0 aromatic heterocycles. The van der Waals surface area contributed by atoms with E-state index in [4.69, 9.17) is 9.47 Å². The van der Waals surface area contributed by atoms with Gasteiger partial charge in [-0.3, -0.25) is 0 Å². The predicted octanol–water partition coefficient (Wildman–Crippen LogP) is 6.79. The van der Waals surface area contributed by atoms with Gasteiger partial charge in [-0.2, -0.15) is 0 Å². The minimum Gasteiger partial charge on any atom is -0.353 e. The minimum absolute atomic E-state index is 0.0517. The Balaban J connectivity index is 1.79. The highest BCUT2D eigenvalue weighted by atomic mass is 16.7. The van der Waals surface area contributed by atoms with Crippen molar-refractivity contribution in [3.8, 4) is 23.7 Å². The lowest BCUT2D eigenvalue weighted by atomic mass is 10.1. The summed E-state index contributed by atoms with van der Waals surface area (Å²) in [6.07, 6.45) is 21.5. The zero-order chi connectivity index (χ0) is 19.3. The van der Waals surface area contributed by atoms with E-state index in [2.05, 4.69) is 42.8 Å². The van der Waals surface area contributed by atoms with Crippen LogP contribution in [0.25, 0.3) is 0 Å². The first-order chi connectivity index (χ1) is 13.4. The van der Waals surface area contributed by atoms with Gasteiger partial charge >= 0.3 is 0 Å². The fourth-order valence-electron chi connectivity index (χ4n) is 2.91. The lowest BCUT2D eigenvalue weighted by Gasteiger charge is -2.22. The van der Waals surface area contributed by atoms with Gasteiger partial charge in [0.25, 0.3) is 0 Å². The van der Waals surface area contributed by atoms with Crippen molar-refractivity contribution in [1.82, 2.24) is 0 Å². The highest BCUT2D eigenvalue weighted by Crippen LogP contribution is 2.14. The summed E-state index contributed by atoms with van der Waals surface area (Å²) >= 11 is 0. The molecule has 0 amide bonds. The first-order valence-corrected chi connectivity index (χ1v) is 11.2. The molecule has 27 heavy (non-hydrogen) atoms. The average Bonchev–Trinajstić information content (AvgIpc) is 2.70. The number of ether oxygens (including phenoxy) is 2. The Morgan fingerprint density at radius 2 is 1.44 bits per heavy atom. The SMILES string of the molecule is CC/C=C\CCCCC#CCCCCC#CCCCCOC1CCCCO1. The lowest BCUT2D eigenvalue weighted by molar-refractivity contribution is -0.162. The Bertz CT molecular complexity index is 466. The summed E-state index contributed by atoms with van der Waals surface area (Å²) in [6, 6.07) is 0. The van der Waals surface area contributed by atoms with E-state index in [-0.39, 0.29) is 6.29 Å². The van der Waals surface area contributed by atoms with Gasteiger partial charge in [0.1, 0.15) is 0 Å². The van der Waals surface area contributed by atoms with Crippen molar-refractivity contribution in [3.63, 3.8) is 0 Å². The van der Waals surface area contributed by atoms with Gasteiger partial charge < -0.3 is 9.47 Å². The maximum Gasteiger partial charge on any atom is 0.157 e. The van der Waals surface area contributed by atoms with E-state index in [1.54, 1.807) is 0 Å². The summed E-state index contributed by atoms with van der Waals surface area (Å²) in [6.45, 7) is 3.84. The quantitative estimate of drug-likeness (QED) is 0.201. The fourth-order valence-corrected chi connectivity index (χ4v) is 2.91. The molecule has 2 heteroatoms. The summed E-state index contributed by atoms with van der Waals surface area (Å²) in [7, 11) is 0. The zero-order valence-electron chi connectivity index (χ0n) is 17.6. The minimum atomic E-state index is 0.0517. The fraction of sp³-hybridized carbons (Fsp3) is 0.760. The Kier molecular flexibility index (Phi) is 17.2. The van der Waals surface area contributed by atoms with Gasteiger partial charge in [-0.15, -0.1) is 23.7 Å². The Morgan fingerprint density at radius 3 is 2.04 bits per heavy atom. The van der Waals surface area contributed by atoms with Crippen LogP contribution in [0.5, 0.6) is 0 Å². The first kappa shape index (κ1) is 23.8. The third kappa shape index (κ3) is 16.7. The second-order valence-electron chi connectivity index (χ2n) is 7.16. The van der Waals surface area contributed by atoms with Crippen molar-refractivity contribution in [2.24, 2.45) is 0 Å². The van der Waals surface area contributed by atoms with Crippen LogP contribution >= 0.6 is 0 Å². The van der Waals surface area contributed by atoms with Gasteiger partial charge in [0.2, 0.25) is 0 Å². The molecule has 1 heterocycles. The van der Waals surface area contributed by atoms with Crippen molar-refractivity contribution in [3.05, 3.63) is 12.2 Å². The zero-order valence-corrected chi connectivity index (χ0v) is 17.6. The molecule has 1 saturated heterocycles. The Hall–Kier alpha value is -1.22. The first-order valence-electron chi connectivity index (χ1n) is 11.2. The van der Waals surface area contributed by atoms with Crippen LogP contribution in [0, 0.1) is 23.7 Å². The number of allylic oxidation sites excluding steroid dienone is 2. The molecule has 0 aliphatic carbocycles. The predicted molar refractivity (Wildman–Crippen MR) is 115 cm³/mol. The molecule has 1 aliphatic heterocycles. The van der Waals surface area contributed by atoms with Crippen molar-refractivity contribution in [1.29, 1.82) is 0 Å². The molecule has 0 N–H and O–H groups in total. The molecular formula is C25H40O2. The molecule has 0 spiro atoms. The van der Waals surface area contributed by atoms with Gasteiger partial charge in [0, 0.05) is 38.9 Å². The summed E-state index contributed by atoms with van der Waals surface area (Å²) in [5.41, 5.74) is 0. The molecule has 1 aliphatic rings. The van der Waals surface area contributed by atoms with Crippen LogP contribution in [-0.2, 0) is 9.47 Å². The topological polar surface area (TPSA) is 18.5 Å². The molecule has 1 atom stereocenters. The van der Waals surface area contributed by atoms with Crippen LogP contribution < -0.4 is 0 Å². The largest absolute Gasteiger partial charge is 0.353 e. The Labute approximate surface area is 168 Å². The molecule has 0 aromatic rings. The van der Waals surface area contributed by atoms with Gasteiger partial charge in [0.15, 0.2) is 6.29 Å². The van der Waals surface area contributed by atoms with Gasteiger partial charge in [0.05, 0.1) is 0 Å². The standard InChI is InChI=1S/C25H40O2/c1-2-3-4-5-6-7-8-9-10-11-12-13-14-15-16-17-18-20-23-26-25-22-19-21-24-27-25/h3-4,25H,2,5-8,11-14,17-24H2,1H3/b4-3-. The van der Waals surface area contributed by atoms with Crippen molar-refractivity contribution >= 4 is 0 Å². The highest BCUT2D eigenvalue weighted by molar-refractivity contribution is 5.00. The van der Waals surface area contributed by atoms with E-state index in [0.717, 1.165) is 64.6 Å². The van der Waals surface area contributed by atoms with Gasteiger partial charge in [-0.05, 0) is 70.6 Å². The highest BCUT2D eigenvalue weighted by Gasteiger charge is 2.12. The van der Waals surface area contributed by atoms with E-state index < -0.39 is 0 Å². The number of hydrogen-bond donors (Lipinski definition) is 0. The van der Waals surface area contributed by atoms with Gasteiger partial charge in [-0.25, -0.2) is 0 Å². The number of unbranched alkanes of at least 4 members (excludes halogenated alkanes) is 8. The molecule has 0 saturated carbocycles. The number of hydrogen-bond acceptors (Lipinski definition) is 2. The second-order valence-corrected chi connectivity index (χ2v) is 7.16. The Morgan fingerprint density at radius 1 is 0.815 bits per heavy atom. The number of rotatable bonds is 13. The molecule has 152 valence electrons. The van der Waals surface area contributed by atoms with Crippen LogP contribution in [0.15, 0.2) is 12.2 Å². The molecule has 1 rings (SSSR count). The molecule has 0 bridgehead atoms. The molecule has 0 aromatic carbocycles. The van der Waals surface area contributed by atoms with Crippen LogP contribution in [0.1, 0.15) is 103 Å². The monoisotopic (exact) mass is 372 g/mol. The molecule has 0 radical (unpaired) electrons. The van der Waals surface area contributed by atoms with Gasteiger partial charge in [-0.1, -0.05) is 19.1 Å². The smallest absolute Gasteiger partial charge is 0.157 e. The molecule has 1 unspecified atom stereocenters. The van der Waals surface area contributed by atoms with Crippen LogP contribution in [0.2, 0.25) is 0 Å². The summed E-state index contributed by atoms with van der Waals surface area (Å²) in [4.78, 5) is 0. The van der Waals surface area contributed by atoms with E-state index in [1.165, 1.54) is 44.9 Å². The van der Waals surface area contributed by atoms with Crippen LogP contribution in [0.4, 0.5) is 0 Å². The van der Waals surface area contributed by atoms with Crippen LogP contribution in [0.3, 0.4) is 0 Å². The van der Waals surface area contributed by atoms with E-state index in [9.17, 15) is 0 Å². The summed E-state index contributed by atoms with van der Waals surface area (Å²) in [5, 5.41) is 0. The third-order valence-corrected chi connectivity index (χ3v) is 4.57. The van der Waals surface area contributed by atoms with E-state index in [0.29, 0.717) is 0 Å². The average molecular weight is 373 g/mol.